The summed E-state index contributed by atoms with van der Waals surface area (Å²) in [6, 6.07) is 2.12. The number of rotatable bonds is 6. The number of carbonyl (C=O) groups is 1. The van der Waals surface area contributed by atoms with E-state index in [4.69, 9.17) is 0 Å². The van der Waals surface area contributed by atoms with Gasteiger partial charge in [0.2, 0.25) is 0 Å². The molecule has 2 heterocycles. The highest BCUT2D eigenvalue weighted by Gasteiger charge is 2.21. The Morgan fingerprint density at radius 2 is 2.04 bits per heavy atom. The highest BCUT2D eigenvalue weighted by atomic mass is 16.1. The maximum atomic E-state index is 12.6. The van der Waals surface area contributed by atoms with E-state index in [1.807, 2.05) is 31.8 Å². The zero-order valence-corrected chi connectivity index (χ0v) is 15.8. The first kappa shape index (κ1) is 18.4. The van der Waals surface area contributed by atoms with Gasteiger partial charge in [0.15, 0.2) is 5.65 Å². The van der Waals surface area contributed by atoms with Gasteiger partial charge in [-0.15, -0.1) is 0 Å². The van der Waals surface area contributed by atoms with E-state index in [1.54, 1.807) is 6.20 Å². The second kappa shape index (κ2) is 6.89. The standard InChI is InChI=1S/C18H29N5O/c1-12(2)23-16-14(9-20-23)8-15(13(3)21-16)17(24)19-10-18(4,5)11-22(6)7/h8-9,12H,10-11H2,1-7H3,(H,19,24). The number of nitrogens with one attached hydrogen (secondary N) is 1. The van der Waals surface area contributed by atoms with Gasteiger partial charge in [0.25, 0.3) is 5.91 Å². The van der Waals surface area contributed by atoms with Crippen LogP contribution in [0.4, 0.5) is 0 Å². The molecule has 1 amide bonds. The van der Waals surface area contributed by atoms with Gasteiger partial charge in [0, 0.05) is 24.5 Å². The number of aryl methyl sites for hydroxylation is 1. The third kappa shape index (κ3) is 4.12. The van der Waals surface area contributed by atoms with Gasteiger partial charge in [0.05, 0.1) is 17.5 Å². The van der Waals surface area contributed by atoms with Crippen LogP contribution in [0.15, 0.2) is 12.3 Å². The van der Waals surface area contributed by atoms with E-state index < -0.39 is 0 Å². The summed E-state index contributed by atoms with van der Waals surface area (Å²) < 4.78 is 1.88. The van der Waals surface area contributed by atoms with E-state index >= 15 is 0 Å². The molecule has 24 heavy (non-hydrogen) atoms. The van der Waals surface area contributed by atoms with Gasteiger partial charge in [-0.05, 0) is 46.3 Å². The van der Waals surface area contributed by atoms with Crippen molar-refractivity contribution < 1.29 is 4.79 Å². The largest absolute Gasteiger partial charge is 0.351 e. The van der Waals surface area contributed by atoms with Crippen molar-refractivity contribution in [2.24, 2.45) is 5.41 Å². The average molecular weight is 331 g/mol. The first-order chi connectivity index (χ1) is 11.1. The Hall–Kier alpha value is -1.95. The van der Waals surface area contributed by atoms with Crippen LogP contribution in [0.3, 0.4) is 0 Å². The topological polar surface area (TPSA) is 63.1 Å². The number of carbonyl (C=O) groups excluding carboxylic acids is 1. The highest BCUT2D eigenvalue weighted by molar-refractivity contribution is 5.98. The van der Waals surface area contributed by atoms with E-state index in [9.17, 15) is 4.79 Å². The van der Waals surface area contributed by atoms with Crippen LogP contribution in [0.25, 0.3) is 11.0 Å². The molecule has 0 bridgehead atoms. The normalized spacial score (nSPS) is 12.4. The van der Waals surface area contributed by atoms with Crippen molar-refractivity contribution in [2.45, 2.75) is 40.7 Å². The summed E-state index contributed by atoms with van der Waals surface area (Å²) in [5.41, 5.74) is 2.18. The number of nitrogens with zero attached hydrogens (tertiary/aromatic N) is 4. The Morgan fingerprint density at radius 3 is 2.62 bits per heavy atom. The number of amides is 1. The summed E-state index contributed by atoms with van der Waals surface area (Å²) in [5.74, 6) is -0.0778. The molecule has 0 aromatic carbocycles. The van der Waals surface area contributed by atoms with Gasteiger partial charge in [-0.1, -0.05) is 13.8 Å². The number of fused-ring (bicyclic) bond motifs is 1. The van der Waals surface area contributed by atoms with Crippen LogP contribution in [0.5, 0.6) is 0 Å². The van der Waals surface area contributed by atoms with Crippen molar-refractivity contribution >= 4 is 16.9 Å². The first-order valence-electron chi connectivity index (χ1n) is 8.38. The second-order valence-electron chi connectivity index (χ2n) is 7.80. The fraction of sp³-hybridized carbons (Fsp3) is 0.611. The van der Waals surface area contributed by atoms with Gasteiger partial charge in [-0.2, -0.15) is 5.10 Å². The summed E-state index contributed by atoms with van der Waals surface area (Å²) in [6.07, 6.45) is 1.77. The van der Waals surface area contributed by atoms with Gasteiger partial charge in [-0.3, -0.25) is 4.79 Å². The molecule has 0 aliphatic heterocycles. The minimum Gasteiger partial charge on any atom is -0.351 e. The molecule has 132 valence electrons. The Morgan fingerprint density at radius 1 is 1.38 bits per heavy atom. The third-order valence-electron chi connectivity index (χ3n) is 3.97. The van der Waals surface area contributed by atoms with E-state index in [0.29, 0.717) is 12.1 Å². The minimum atomic E-state index is -0.0778. The summed E-state index contributed by atoms with van der Waals surface area (Å²) in [4.78, 5) is 19.3. The maximum Gasteiger partial charge on any atom is 0.253 e. The lowest BCUT2D eigenvalue weighted by atomic mass is 9.93. The molecule has 0 aliphatic carbocycles. The van der Waals surface area contributed by atoms with E-state index in [1.165, 1.54) is 0 Å². The number of hydrogen-bond acceptors (Lipinski definition) is 4. The van der Waals surface area contributed by atoms with Crippen LogP contribution in [0.2, 0.25) is 0 Å². The lowest BCUT2D eigenvalue weighted by molar-refractivity contribution is 0.0928. The van der Waals surface area contributed by atoms with E-state index in [0.717, 1.165) is 23.3 Å². The summed E-state index contributed by atoms with van der Waals surface area (Å²) in [5, 5.41) is 8.31. The minimum absolute atomic E-state index is 0.00706. The fourth-order valence-corrected chi connectivity index (χ4v) is 3.00. The SMILES string of the molecule is Cc1nc2c(cnn2C(C)C)cc1C(=O)NCC(C)(C)CN(C)C. The molecule has 0 fully saturated rings. The Kier molecular flexibility index (Phi) is 5.28. The van der Waals surface area contributed by atoms with E-state index in [-0.39, 0.29) is 17.4 Å². The average Bonchev–Trinajstić information content (AvgIpc) is 2.85. The predicted molar refractivity (Wildman–Crippen MR) is 97.3 cm³/mol. The molecule has 0 radical (unpaired) electrons. The van der Waals surface area contributed by atoms with Gasteiger partial charge in [0.1, 0.15) is 0 Å². The molecule has 0 spiro atoms. The maximum absolute atomic E-state index is 12.6. The van der Waals surface area contributed by atoms with Crippen molar-refractivity contribution in [3.8, 4) is 0 Å². The Balaban J connectivity index is 2.19. The van der Waals surface area contributed by atoms with Gasteiger partial charge >= 0.3 is 0 Å². The summed E-state index contributed by atoms with van der Waals surface area (Å²) >= 11 is 0. The van der Waals surface area contributed by atoms with Crippen molar-refractivity contribution in [1.29, 1.82) is 0 Å². The molecule has 0 atom stereocenters. The summed E-state index contributed by atoms with van der Waals surface area (Å²) in [6.45, 7) is 11.8. The molecular weight excluding hydrogens is 302 g/mol. The lowest BCUT2D eigenvalue weighted by Crippen LogP contribution is -2.40. The van der Waals surface area contributed by atoms with Crippen LogP contribution < -0.4 is 5.32 Å². The number of pyridine rings is 1. The molecule has 2 aromatic heterocycles. The smallest absolute Gasteiger partial charge is 0.253 e. The molecule has 0 saturated carbocycles. The van der Waals surface area contributed by atoms with Gasteiger partial charge < -0.3 is 10.2 Å². The van der Waals surface area contributed by atoms with Crippen LogP contribution in [-0.2, 0) is 0 Å². The molecule has 2 aromatic rings. The lowest BCUT2D eigenvalue weighted by Gasteiger charge is -2.28. The summed E-state index contributed by atoms with van der Waals surface area (Å²) in [7, 11) is 4.08. The van der Waals surface area contributed by atoms with Crippen LogP contribution >= 0.6 is 0 Å². The van der Waals surface area contributed by atoms with Crippen LogP contribution in [-0.4, -0.2) is 52.8 Å². The predicted octanol–water partition coefficient (Wildman–Crippen LogP) is 2.64. The van der Waals surface area contributed by atoms with E-state index in [2.05, 4.69) is 48.0 Å². The molecule has 0 saturated heterocycles. The monoisotopic (exact) mass is 331 g/mol. The van der Waals surface area contributed by atoms with Crippen molar-refractivity contribution in [1.82, 2.24) is 25.0 Å². The second-order valence-corrected chi connectivity index (χ2v) is 7.80. The highest BCUT2D eigenvalue weighted by Crippen LogP contribution is 2.20. The zero-order valence-electron chi connectivity index (χ0n) is 15.8. The van der Waals surface area contributed by atoms with Crippen LogP contribution in [0.1, 0.15) is 49.8 Å². The van der Waals surface area contributed by atoms with Crippen molar-refractivity contribution in [2.75, 3.05) is 27.2 Å². The van der Waals surface area contributed by atoms with Crippen molar-refractivity contribution in [3.63, 3.8) is 0 Å². The number of hydrogen-bond donors (Lipinski definition) is 1. The van der Waals surface area contributed by atoms with Gasteiger partial charge in [-0.25, -0.2) is 9.67 Å². The third-order valence-corrected chi connectivity index (χ3v) is 3.97. The molecule has 0 unspecified atom stereocenters. The molecule has 0 aliphatic rings. The quantitative estimate of drug-likeness (QED) is 0.884. The molecule has 1 N–H and O–H groups in total. The Labute approximate surface area is 144 Å². The molecular formula is C18H29N5O. The molecule has 2 rings (SSSR count). The first-order valence-corrected chi connectivity index (χ1v) is 8.38. The van der Waals surface area contributed by atoms with Crippen molar-refractivity contribution in [3.05, 3.63) is 23.5 Å². The number of aromatic nitrogens is 3. The molecule has 6 nitrogen and oxygen atoms in total. The zero-order chi connectivity index (χ0) is 18.1. The fourth-order valence-electron chi connectivity index (χ4n) is 3.00. The Bertz CT molecular complexity index is 730. The molecule has 6 heteroatoms. The van der Waals surface area contributed by atoms with Crippen LogP contribution in [0, 0.1) is 12.3 Å².